The van der Waals surface area contributed by atoms with Gasteiger partial charge in [-0.2, -0.15) is 0 Å². The smallest absolute Gasteiger partial charge is 0.358 e. The minimum atomic E-state index is -2.30. The van der Waals surface area contributed by atoms with Gasteiger partial charge in [0.15, 0.2) is 0 Å². The molecule has 0 radical (unpaired) electrons. The average molecular weight is 410 g/mol. The number of aliphatic hydroxyl groups is 1. The fourth-order valence-corrected chi connectivity index (χ4v) is 3.17. The largest absolute Gasteiger partial charge is 0.464 e. The van der Waals surface area contributed by atoms with Crippen molar-refractivity contribution in [1.82, 2.24) is 0 Å². The third-order valence-corrected chi connectivity index (χ3v) is 4.65. The number of aliphatic hydroxyl groups excluding tert-OH is 1. The molecule has 2 aromatic rings. The Morgan fingerprint density at radius 3 is 2.10 bits per heavy atom. The van der Waals surface area contributed by atoms with Gasteiger partial charge in [0.2, 0.25) is 6.10 Å². The van der Waals surface area contributed by atoms with E-state index in [4.69, 9.17) is 14.2 Å². The van der Waals surface area contributed by atoms with Crippen LogP contribution in [0, 0.1) is 0 Å². The molecule has 1 aliphatic rings. The molecule has 0 bridgehead atoms. The summed E-state index contributed by atoms with van der Waals surface area (Å²) < 4.78 is 15.0. The van der Waals surface area contributed by atoms with Gasteiger partial charge >= 0.3 is 17.9 Å². The van der Waals surface area contributed by atoms with E-state index >= 15 is 0 Å². The van der Waals surface area contributed by atoms with Crippen molar-refractivity contribution in [2.24, 2.45) is 0 Å². The Balaban J connectivity index is 1.98. The SMILES string of the molecule is CCOC(=O)C(O)C1(C(=O)OCC)C=C(c2ccc(-c3ccccc3)cc2)C(=O)O1. The first kappa shape index (κ1) is 21.3. The molecular formula is C23H22O7. The van der Waals surface area contributed by atoms with E-state index in [1.807, 2.05) is 42.5 Å². The fraction of sp³-hybridized carbons (Fsp3) is 0.261. The molecule has 2 aromatic carbocycles. The van der Waals surface area contributed by atoms with E-state index in [-0.39, 0.29) is 18.8 Å². The first-order chi connectivity index (χ1) is 14.4. The number of hydrogen-bond acceptors (Lipinski definition) is 7. The minimum absolute atomic E-state index is 0.0136. The lowest BCUT2D eigenvalue weighted by Gasteiger charge is -2.27. The fourth-order valence-electron chi connectivity index (χ4n) is 3.17. The first-order valence-corrected chi connectivity index (χ1v) is 9.57. The Kier molecular flexibility index (Phi) is 6.32. The molecule has 156 valence electrons. The standard InChI is InChI=1S/C23H22O7/c1-3-28-21(26)19(24)23(22(27)29-4-2)14-18(20(25)30-23)17-12-10-16(11-13-17)15-8-6-5-7-9-15/h5-14,19,24H,3-4H2,1-2H3. The van der Waals surface area contributed by atoms with Gasteiger partial charge in [0, 0.05) is 0 Å². The Hall–Kier alpha value is -3.45. The number of hydrogen-bond donors (Lipinski definition) is 1. The molecule has 2 atom stereocenters. The number of benzene rings is 2. The number of rotatable bonds is 7. The highest BCUT2D eigenvalue weighted by Gasteiger charge is 2.57. The molecule has 1 aliphatic heterocycles. The van der Waals surface area contributed by atoms with Crippen molar-refractivity contribution < 1.29 is 33.7 Å². The summed E-state index contributed by atoms with van der Waals surface area (Å²) in [5.74, 6) is -2.98. The van der Waals surface area contributed by atoms with Gasteiger partial charge in [-0.25, -0.2) is 14.4 Å². The van der Waals surface area contributed by atoms with E-state index in [1.54, 1.807) is 26.0 Å². The van der Waals surface area contributed by atoms with Crippen LogP contribution in [0.25, 0.3) is 16.7 Å². The van der Waals surface area contributed by atoms with E-state index in [0.29, 0.717) is 5.56 Å². The van der Waals surface area contributed by atoms with Crippen molar-refractivity contribution in [1.29, 1.82) is 0 Å². The van der Waals surface area contributed by atoms with E-state index in [9.17, 15) is 19.5 Å². The Bertz CT molecular complexity index is 963. The van der Waals surface area contributed by atoms with Crippen molar-refractivity contribution >= 4 is 23.5 Å². The number of ether oxygens (including phenoxy) is 3. The summed E-state index contributed by atoms with van der Waals surface area (Å²) in [6.07, 6.45) is -0.923. The molecule has 0 fully saturated rings. The number of cyclic esters (lactones) is 1. The first-order valence-electron chi connectivity index (χ1n) is 9.57. The van der Waals surface area contributed by atoms with Gasteiger partial charge in [-0.15, -0.1) is 0 Å². The van der Waals surface area contributed by atoms with Crippen molar-refractivity contribution in [2.45, 2.75) is 25.6 Å². The highest BCUT2D eigenvalue weighted by molar-refractivity contribution is 6.21. The molecule has 0 aliphatic carbocycles. The molecule has 1 heterocycles. The molecular weight excluding hydrogens is 388 g/mol. The van der Waals surface area contributed by atoms with Crippen LogP contribution in [0.15, 0.2) is 60.7 Å². The molecule has 0 saturated carbocycles. The predicted octanol–water partition coefficient (Wildman–Crippen LogP) is 2.52. The van der Waals surface area contributed by atoms with Crippen LogP contribution in [-0.2, 0) is 28.6 Å². The predicted molar refractivity (Wildman–Crippen MR) is 108 cm³/mol. The van der Waals surface area contributed by atoms with Crippen LogP contribution in [0.3, 0.4) is 0 Å². The lowest BCUT2D eigenvalue weighted by atomic mass is 9.93. The molecule has 7 heteroatoms. The molecule has 1 N–H and O–H groups in total. The summed E-state index contributed by atoms with van der Waals surface area (Å²) in [5, 5.41) is 10.5. The quantitative estimate of drug-likeness (QED) is 0.553. The summed E-state index contributed by atoms with van der Waals surface area (Å²) in [7, 11) is 0. The van der Waals surface area contributed by atoms with E-state index in [1.165, 1.54) is 0 Å². The van der Waals surface area contributed by atoms with Crippen molar-refractivity contribution in [2.75, 3.05) is 13.2 Å². The Labute approximate surface area is 173 Å². The molecule has 0 aromatic heterocycles. The monoisotopic (exact) mass is 410 g/mol. The van der Waals surface area contributed by atoms with Gasteiger partial charge in [-0.3, -0.25) is 0 Å². The van der Waals surface area contributed by atoms with Gasteiger partial charge < -0.3 is 19.3 Å². The van der Waals surface area contributed by atoms with Crippen LogP contribution >= 0.6 is 0 Å². The zero-order chi connectivity index (χ0) is 21.7. The second kappa shape index (κ2) is 8.92. The molecule has 0 amide bonds. The maximum absolute atomic E-state index is 12.6. The van der Waals surface area contributed by atoms with Crippen LogP contribution < -0.4 is 0 Å². The Morgan fingerprint density at radius 2 is 1.50 bits per heavy atom. The van der Waals surface area contributed by atoms with Gasteiger partial charge in [-0.1, -0.05) is 54.6 Å². The highest BCUT2D eigenvalue weighted by Crippen LogP contribution is 2.36. The van der Waals surface area contributed by atoms with Crippen molar-refractivity contribution in [3.05, 3.63) is 66.2 Å². The van der Waals surface area contributed by atoms with Gasteiger partial charge in [-0.05, 0) is 36.6 Å². The number of carbonyl (C=O) groups is 3. The van der Waals surface area contributed by atoms with E-state index in [2.05, 4.69) is 0 Å². The molecule has 0 spiro atoms. The van der Waals surface area contributed by atoms with Crippen LogP contribution in [0.5, 0.6) is 0 Å². The summed E-state index contributed by atoms with van der Waals surface area (Å²) in [4.78, 5) is 37.2. The Morgan fingerprint density at radius 1 is 0.933 bits per heavy atom. The molecule has 0 saturated heterocycles. The molecule has 30 heavy (non-hydrogen) atoms. The van der Waals surface area contributed by atoms with Crippen LogP contribution in [0.1, 0.15) is 19.4 Å². The average Bonchev–Trinajstić information content (AvgIpc) is 3.13. The minimum Gasteiger partial charge on any atom is -0.464 e. The van der Waals surface area contributed by atoms with Crippen molar-refractivity contribution in [3.8, 4) is 11.1 Å². The molecule has 7 nitrogen and oxygen atoms in total. The number of esters is 3. The maximum atomic E-state index is 12.6. The lowest BCUT2D eigenvalue weighted by Crippen LogP contribution is -2.54. The normalized spacial score (nSPS) is 18.9. The zero-order valence-corrected chi connectivity index (χ0v) is 16.7. The van der Waals surface area contributed by atoms with Gasteiger partial charge in [0.1, 0.15) is 0 Å². The second-order valence-electron chi connectivity index (χ2n) is 6.56. The summed E-state index contributed by atoms with van der Waals surface area (Å²) in [6, 6.07) is 16.7. The summed E-state index contributed by atoms with van der Waals surface area (Å²) >= 11 is 0. The van der Waals surface area contributed by atoms with Crippen LogP contribution in [0.2, 0.25) is 0 Å². The topological polar surface area (TPSA) is 99.1 Å². The highest BCUT2D eigenvalue weighted by atomic mass is 16.6. The van der Waals surface area contributed by atoms with Gasteiger partial charge in [0.05, 0.1) is 18.8 Å². The maximum Gasteiger partial charge on any atom is 0.358 e. The van der Waals surface area contributed by atoms with E-state index in [0.717, 1.165) is 17.2 Å². The third kappa shape index (κ3) is 3.97. The zero-order valence-electron chi connectivity index (χ0n) is 16.7. The summed E-state index contributed by atoms with van der Waals surface area (Å²) in [5.41, 5.74) is 0.167. The van der Waals surface area contributed by atoms with Crippen molar-refractivity contribution in [3.63, 3.8) is 0 Å². The number of carbonyl (C=O) groups excluding carboxylic acids is 3. The van der Waals surface area contributed by atoms with Gasteiger partial charge in [0.25, 0.3) is 5.60 Å². The lowest BCUT2D eigenvalue weighted by molar-refractivity contribution is -0.190. The third-order valence-electron chi connectivity index (χ3n) is 4.65. The molecule has 3 rings (SSSR count). The van der Waals surface area contributed by atoms with Crippen LogP contribution in [-0.4, -0.2) is 47.9 Å². The second-order valence-corrected chi connectivity index (χ2v) is 6.56. The van der Waals surface area contributed by atoms with Crippen LogP contribution in [0.4, 0.5) is 0 Å². The summed E-state index contributed by atoms with van der Waals surface area (Å²) in [6.45, 7) is 3.08. The van der Waals surface area contributed by atoms with E-state index < -0.39 is 29.6 Å². The molecule has 2 unspecified atom stereocenters.